The summed E-state index contributed by atoms with van der Waals surface area (Å²) in [5.41, 5.74) is 4.10. The number of fused-ring (bicyclic) bond motifs is 1. The van der Waals surface area contributed by atoms with Gasteiger partial charge in [0.1, 0.15) is 11.3 Å². The number of hydrogen-bond donors (Lipinski definition) is 1. The zero-order valence-corrected chi connectivity index (χ0v) is 14.2. The molecule has 2 aromatic rings. The largest absolute Gasteiger partial charge is 0.462 e. The van der Waals surface area contributed by atoms with Gasteiger partial charge in [-0.05, 0) is 31.4 Å². The van der Waals surface area contributed by atoms with E-state index in [4.69, 9.17) is 4.74 Å². The topological polar surface area (TPSA) is 85.6 Å². The molecule has 0 saturated carbocycles. The third-order valence-corrected chi connectivity index (χ3v) is 3.93. The van der Waals surface area contributed by atoms with E-state index in [2.05, 4.69) is 15.5 Å². The molecule has 1 unspecified atom stereocenters. The Balaban J connectivity index is 1.97. The molecule has 1 atom stereocenters. The number of carbonyl (C=O) groups is 1. The predicted octanol–water partition coefficient (Wildman–Crippen LogP) is 2.28. The fourth-order valence-electron chi connectivity index (χ4n) is 2.78. The van der Waals surface area contributed by atoms with E-state index >= 15 is 0 Å². The Morgan fingerprint density at radius 3 is 2.88 bits per heavy atom. The summed E-state index contributed by atoms with van der Waals surface area (Å²) in [6.45, 7) is 4.44. The molecule has 3 rings (SSSR count). The van der Waals surface area contributed by atoms with E-state index in [1.165, 1.54) is 10.8 Å². The van der Waals surface area contributed by atoms with Crippen LogP contribution in [0.3, 0.4) is 0 Å². The van der Waals surface area contributed by atoms with Crippen LogP contribution in [0.25, 0.3) is 0 Å². The highest BCUT2D eigenvalue weighted by molar-refractivity contribution is 5.99. The molecule has 0 amide bonds. The number of aromatic nitrogens is 2. The smallest absolute Gasteiger partial charge is 0.345 e. The number of rotatable bonds is 4. The second-order valence-corrected chi connectivity index (χ2v) is 5.98. The van der Waals surface area contributed by atoms with E-state index in [-0.39, 0.29) is 23.6 Å². The lowest BCUT2D eigenvalue weighted by molar-refractivity contribution is 0.0522. The van der Waals surface area contributed by atoms with Gasteiger partial charge < -0.3 is 4.74 Å². The third-order valence-electron chi connectivity index (χ3n) is 3.93. The molecule has 0 aliphatic carbocycles. The van der Waals surface area contributed by atoms with Gasteiger partial charge in [0.25, 0.3) is 5.56 Å². The first-order valence-electron chi connectivity index (χ1n) is 8.25. The molecule has 2 heterocycles. The molecule has 7 nitrogen and oxygen atoms in total. The number of nitrogens with one attached hydrogen (secondary N) is 1. The molecule has 1 aliphatic rings. The Bertz CT molecular complexity index is 858. The Morgan fingerprint density at radius 1 is 1.40 bits per heavy atom. The molecule has 1 N–H and O–H groups in total. The predicted molar refractivity (Wildman–Crippen MR) is 94.8 cm³/mol. The number of anilines is 1. The monoisotopic (exact) mass is 340 g/mol. The molecular weight excluding hydrogens is 320 g/mol. The van der Waals surface area contributed by atoms with E-state index in [9.17, 15) is 9.59 Å². The van der Waals surface area contributed by atoms with Crippen LogP contribution in [0.2, 0.25) is 0 Å². The minimum atomic E-state index is -0.644. The van der Waals surface area contributed by atoms with Gasteiger partial charge in [-0.1, -0.05) is 25.1 Å². The van der Waals surface area contributed by atoms with Gasteiger partial charge in [0.05, 0.1) is 12.3 Å². The summed E-state index contributed by atoms with van der Waals surface area (Å²) in [7, 11) is 0. The summed E-state index contributed by atoms with van der Waals surface area (Å²) >= 11 is 0. The van der Waals surface area contributed by atoms with Gasteiger partial charge in [-0.25, -0.2) is 9.78 Å². The van der Waals surface area contributed by atoms with Gasteiger partial charge >= 0.3 is 5.97 Å². The van der Waals surface area contributed by atoms with Crippen molar-refractivity contribution in [3.8, 4) is 0 Å². The van der Waals surface area contributed by atoms with Crippen molar-refractivity contribution in [2.75, 3.05) is 12.0 Å². The molecule has 7 heteroatoms. The number of nitrogens with zero attached hydrogens (tertiary/aromatic N) is 3. The zero-order chi connectivity index (χ0) is 17.8. The molecule has 0 saturated heterocycles. The Kier molecular flexibility index (Phi) is 4.92. The fraction of sp³-hybridized carbons (Fsp3) is 0.333. The van der Waals surface area contributed by atoms with Crippen molar-refractivity contribution >= 4 is 17.4 Å². The number of hydrazone groups is 1. The summed E-state index contributed by atoms with van der Waals surface area (Å²) in [4.78, 5) is 28.9. The fourth-order valence-corrected chi connectivity index (χ4v) is 2.78. The molecule has 0 spiro atoms. The van der Waals surface area contributed by atoms with Crippen LogP contribution >= 0.6 is 0 Å². The highest BCUT2D eigenvalue weighted by atomic mass is 16.5. The van der Waals surface area contributed by atoms with Crippen LogP contribution in [0.4, 0.5) is 5.69 Å². The Hall–Kier alpha value is -2.96. The van der Waals surface area contributed by atoms with Crippen molar-refractivity contribution in [3.63, 3.8) is 0 Å². The van der Waals surface area contributed by atoms with Crippen molar-refractivity contribution in [1.82, 2.24) is 9.55 Å². The number of para-hydroxylation sites is 1. The number of benzene rings is 1. The van der Waals surface area contributed by atoms with E-state index in [0.29, 0.717) is 24.5 Å². The lowest BCUT2D eigenvalue weighted by Crippen LogP contribution is -2.38. The number of ether oxygens (including phenoxy) is 1. The van der Waals surface area contributed by atoms with Gasteiger partial charge in [0, 0.05) is 12.7 Å². The summed E-state index contributed by atoms with van der Waals surface area (Å²) < 4.78 is 6.43. The maximum atomic E-state index is 12.6. The van der Waals surface area contributed by atoms with Gasteiger partial charge in [-0.3, -0.25) is 14.8 Å². The van der Waals surface area contributed by atoms with E-state index in [1.807, 2.05) is 37.3 Å². The quantitative estimate of drug-likeness (QED) is 0.682. The molecule has 25 heavy (non-hydrogen) atoms. The number of hydrogen-bond acceptors (Lipinski definition) is 6. The van der Waals surface area contributed by atoms with Crippen molar-refractivity contribution in [1.29, 1.82) is 0 Å². The maximum absolute atomic E-state index is 12.6. The highest BCUT2D eigenvalue weighted by Gasteiger charge is 2.26. The SMILES string of the molecule is CCOC(=O)c1cnc2n(c1=O)CC(C)C/C2=N\Nc1ccccc1. The van der Waals surface area contributed by atoms with Crippen LogP contribution in [0.1, 0.15) is 36.5 Å². The second kappa shape index (κ2) is 7.29. The molecule has 0 radical (unpaired) electrons. The van der Waals surface area contributed by atoms with Crippen molar-refractivity contribution in [2.45, 2.75) is 26.8 Å². The molecule has 130 valence electrons. The average Bonchev–Trinajstić information content (AvgIpc) is 2.61. The van der Waals surface area contributed by atoms with E-state index < -0.39 is 5.97 Å². The lowest BCUT2D eigenvalue weighted by atomic mass is 9.99. The third kappa shape index (κ3) is 3.60. The van der Waals surface area contributed by atoms with Gasteiger partial charge in [-0.2, -0.15) is 5.10 Å². The number of carbonyl (C=O) groups excluding carboxylic acids is 1. The van der Waals surface area contributed by atoms with Crippen LogP contribution in [-0.2, 0) is 11.3 Å². The number of esters is 1. The molecule has 0 fully saturated rings. The maximum Gasteiger partial charge on any atom is 0.345 e. The van der Waals surface area contributed by atoms with Crippen molar-refractivity contribution in [3.05, 3.63) is 58.3 Å². The lowest BCUT2D eigenvalue weighted by Gasteiger charge is -2.24. The Morgan fingerprint density at radius 2 is 2.16 bits per heavy atom. The van der Waals surface area contributed by atoms with Crippen LogP contribution in [0.5, 0.6) is 0 Å². The van der Waals surface area contributed by atoms with Crippen LogP contribution in [-0.4, -0.2) is 27.8 Å². The zero-order valence-electron chi connectivity index (χ0n) is 14.2. The van der Waals surface area contributed by atoms with Crippen molar-refractivity contribution in [2.24, 2.45) is 11.0 Å². The molecule has 1 aromatic heterocycles. The van der Waals surface area contributed by atoms with E-state index in [1.54, 1.807) is 6.92 Å². The first kappa shape index (κ1) is 16.9. The van der Waals surface area contributed by atoms with Gasteiger partial charge in [-0.15, -0.1) is 0 Å². The highest BCUT2D eigenvalue weighted by Crippen LogP contribution is 2.18. The normalized spacial score (nSPS) is 17.8. The second-order valence-electron chi connectivity index (χ2n) is 5.98. The molecule has 1 aliphatic heterocycles. The van der Waals surface area contributed by atoms with Crippen LogP contribution in [0.15, 0.2) is 46.4 Å². The van der Waals surface area contributed by atoms with Gasteiger partial charge in [0.15, 0.2) is 5.82 Å². The molecule has 0 bridgehead atoms. The average molecular weight is 340 g/mol. The van der Waals surface area contributed by atoms with Gasteiger partial charge in [0.2, 0.25) is 0 Å². The summed E-state index contributed by atoms with van der Waals surface area (Å²) in [6, 6.07) is 9.55. The first-order valence-corrected chi connectivity index (χ1v) is 8.25. The molecule has 1 aromatic carbocycles. The first-order chi connectivity index (χ1) is 12.1. The Labute approximate surface area is 145 Å². The summed E-state index contributed by atoms with van der Waals surface area (Å²) in [5, 5.41) is 4.43. The minimum absolute atomic E-state index is 0.0462. The van der Waals surface area contributed by atoms with E-state index in [0.717, 1.165) is 5.69 Å². The summed E-state index contributed by atoms with van der Waals surface area (Å²) in [6.07, 6.45) is 1.98. The minimum Gasteiger partial charge on any atom is -0.462 e. The van der Waals surface area contributed by atoms with Crippen LogP contribution in [0, 0.1) is 5.92 Å². The van der Waals surface area contributed by atoms with Crippen LogP contribution < -0.4 is 11.0 Å². The molecular formula is C18H20N4O3. The van der Waals surface area contributed by atoms with Crippen molar-refractivity contribution < 1.29 is 9.53 Å². The summed E-state index contributed by atoms with van der Waals surface area (Å²) in [5.74, 6) is 0.0507. The standard InChI is InChI=1S/C18H20N4O3/c1-3-25-18(24)14-10-19-16-15(9-12(2)11-22(16)17(14)23)21-20-13-7-5-4-6-8-13/h4-8,10,12,20H,3,9,11H2,1-2H3/b21-15+.